The third-order valence-electron chi connectivity index (χ3n) is 4.34. The van der Waals surface area contributed by atoms with E-state index in [1.165, 1.54) is 53.2 Å². The van der Waals surface area contributed by atoms with Crippen LogP contribution in [-0.4, -0.2) is 11.8 Å². The predicted molar refractivity (Wildman–Crippen MR) is 95.9 cm³/mol. The summed E-state index contributed by atoms with van der Waals surface area (Å²) in [6, 6.07) is 8.00. The second kappa shape index (κ2) is 8.25. The number of carbonyl (C=O) groups excluding carboxylic acids is 2. The number of hydrogen-bond acceptors (Lipinski definition) is 3. The second-order valence-corrected chi connectivity index (χ2v) is 7.39. The van der Waals surface area contributed by atoms with Crippen LogP contribution in [0.3, 0.4) is 0 Å². The molecule has 1 aromatic heterocycles. The van der Waals surface area contributed by atoms with Crippen molar-refractivity contribution in [2.24, 2.45) is 0 Å². The minimum atomic E-state index is -0.296. The lowest BCUT2D eigenvalue weighted by molar-refractivity contribution is -0.121. The summed E-state index contributed by atoms with van der Waals surface area (Å²) in [5.74, 6) is -0.834. The van der Waals surface area contributed by atoms with Crippen molar-refractivity contribution in [2.45, 2.75) is 44.9 Å². The molecule has 0 spiro atoms. The number of benzene rings is 1. The Kier molecular flexibility index (Phi) is 5.81. The smallest absolute Gasteiger partial charge is 0.273 e. The number of rotatable bonds is 4. The second-order valence-electron chi connectivity index (χ2n) is 6.25. The van der Waals surface area contributed by atoms with Crippen LogP contribution in [0, 0.1) is 5.82 Å². The molecule has 3 rings (SSSR count). The van der Waals surface area contributed by atoms with Gasteiger partial charge in [0.1, 0.15) is 5.82 Å². The topological polar surface area (TPSA) is 58.2 Å². The first-order valence-electron chi connectivity index (χ1n) is 8.57. The zero-order valence-corrected chi connectivity index (χ0v) is 14.8. The Morgan fingerprint density at radius 3 is 2.60 bits per heavy atom. The molecule has 2 amide bonds. The molecule has 2 aromatic rings. The van der Waals surface area contributed by atoms with Gasteiger partial charge in [0.2, 0.25) is 5.91 Å². The highest BCUT2D eigenvalue weighted by molar-refractivity contribution is 7.14. The Bertz CT molecular complexity index is 732. The minimum Gasteiger partial charge on any atom is -0.273 e. The maximum absolute atomic E-state index is 12.8. The Hall–Kier alpha value is -2.21. The first-order chi connectivity index (χ1) is 12.1. The summed E-state index contributed by atoms with van der Waals surface area (Å²) in [5, 5.41) is 0. The van der Waals surface area contributed by atoms with Crippen molar-refractivity contribution in [1.29, 1.82) is 0 Å². The zero-order chi connectivity index (χ0) is 17.6. The maximum atomic E-state index is 12.8. The van der Waals surface area contributed by atoms with E-state index in [-0.39, 0.29) is 24.1 Å². The van der Waals surface area contributed by atoms with Crippen molar-refractivity contribution >= 4 is 23.2 Å². The molecule has 4 nitrogen and oxygen atoms in total. The minimum absolute atomic E-state index is 0.229. The summed E-state index contributed by atoms with van der Waals surface area (Å²) >= 11 is 1.52. The number of nitrogens with one attached hydrogen (secondary N) is 2. The van der Waals surface area contributed by atoms with Crippen molar-refractivity contribution in [3.63, 3.8) is 0 Å². The van der Waals surface area contributed by atoms with Gasteiger partial charge in [-0.25, -0.2) is 4.39 Å². The molecule has 0 radical (unpaired) electrons. The molecule has 1 aliphatic carbocycles. The molecular weight excluding hydrogens is 339 g/mol. The number of fused-ring (bicyclic) bond motifs is 1. The maximum Gasteiger partial charge on any atom is 0.279 e. The predicted octanol–water partition coefficient (Wildman–Crippen LogP) is 3.55. The summed E-state index contributed by atoms with van der Waals surface area (Å²) in [6.07, 6.45) is 6.38. The van der Waals surface area contributed by atoms with Gasteiger partial charge in [0.25, 0.3) is 5.91 Å². The number of halogens is 1. The zero-order valence-electron chi connectivity index (χ0n) is 13.9. The van der Waals surface area contributed by atoms with Crippen LogP contribution in [0.1, 0.15) is 51.4 Å². The quantitative estimate of drug-likeness (QED) is 0.647. The highest BCUT2D eigenvalue weighted by Gasteiger charge is 2.16. The average Bonchev–Trinajstić information content (AvgIpc) is 2.90. The largest absolute Gasteiger partial charge is 0.279 e. The van der Waals surface area contributed by atoms with Crippen LogP contribution in [0.5, 0.6) is 0 Å². The van der Waals surface area contributed by atoms with Crippen molar-refractivity contribution in [3.05, 3.63) is 57.0 Å². The molecule has 0 fully saturated rings. The Balaban J connectivity index is 1.47. The first-order valence-corrected chi connectivity index (χ1v) is 9.38. The average molecular weight is 360 g/mol. The lowest BCUT2D eigenvalue weighted by atomic mass is 10.1. The summed E-state index contributed by atoms with van der Waals surface area (Å²) in [4.78, 5) is 26.0. The molecule has 0 saturated heterocycles. The van der Waals surface area contributed by atoms with E-state index in [1.54, 1.807) is 12.1 Å². The van der Waals surface area contributed by atoms with Gasteiger partial charge in [-0.2, -0.15) is 0 Å². The van der Waals surface area contributed by atoms with E-state index in [1.807, 2.05) is 6.07 Å². The van der Waals surface area contributed by atoms with Crippen LogP contribution in [-0.2, 0) is 24.1 Å². The summed E-state index contributed by atoms with van der Waals surface area (Å²) < 4.78 is 12.8. The third-order valence-corrected chi connectivity index (χ3v) is 5.58. The molecule has 1 heterocycles. The van der Waals surface area contributed by atoms with Gasteiger partial charge in [-0.15, -0.1) is 11.3 Å². The van der Waals surface area contributed by atoms with Crippen molar-refractivity contribution < 1.29 is 14.0 Å². The number of thiophene rings is 1. The number of carbonyl (C=O) groups is 2. The fraction of sp³-hybridized carbons (Fsp3) is 0.368. The van der Waals surface area contributed by atoms with Gasteiger partial charge >= 0.3 is 0 Å². The summed E-state index contributed by atoms with van der Waals surface area (Å²) in [5.41, 5.74) is 7.08. The van der Waals surface area contributed by atoms with Crippen molar-refractivity contribution in [3.8, 4) is 0 Å². The molecule has 132 valence electrons. The molecule has 0 atom stereocenters. The lowest BCUT2D eigenvalue weighted by Gasteiger charge is -2.06. The van der Waals surface area contributed by atoms with E-state index in [9.17, 15) is 14.0 Å². The molecular formula is C19H21FN2O2S. The Morgan fingerprint density at radius 1 is 1.04 bits per heavy atom. The molecule has 0 saturated carbocycles. The molecule has 1 aliphatic rings. The third kappa shape index (κ3) is 4.89. The first kappa shape index (κ1) is 17.6. The number of amides is 2. The van der Waals surface area contributed by atoms with Crippen LogP contribution in [0.4, 0.5) is 4.39 Å². The fourth-order valence-electron chi connectivity index (χ4n) is 2.94. The molecule has 0 aliphatic heterocycles. The Morgan fingerprint density at radius 2 is 1.80 bits per heavy atom. The van der Waals surface area contributed by atoms with Gasteiger partial charge in [0, 0.05) is 11.3 Å². The molecule has 6 heteroatoms. The number of hydrogen-bond donors (Lipinski definition) is 2. The van der Waals surface area contributed by atoms with E-state index in [0.717, 1.165) is 18.4 Å². The number of hydrazine groups is 1. The van der Waals surface area contributed by atoms with Gasteiger partial charge in [-0.1, -0.05) is 18.6 Å². The van der Waals surface area contributed by atoms with Crippen LogP contribution >= 0.6 is 11.3 Å². The van der Waals surface area contributed by atoms with Crippen LogP contribution in [0.2, 0.25) is 0 Å². The van der Waals surface area contributed by atoms with E-state index in [2.05, 4.69) is 10.9 Å². The van der Waals surface area contributed by atoms with Crippen LogP contribution in [0.25, 0.3) is 0 Å². The van der Waals surface area contributed by atoms with Gasteiger partial charge in [-0.3, -0.25) is 20.4 Å². The summed E-state index contributed by atoms with van der Waals surface area (Å²) in [7, 11) is 0. The van der Waals surface area contributed by atoms with Crippen molar-refractivity contribution in [2.75, 3.05) is 0 Å². The SMILES string of the molecule is O=C(CCc1ccc(F)cc1)NNC(=O)c1cc2c(s1)CCCCC2. The van der Waals surface area contributed by atoms with Gasteiger partial charge in [-0.05, 0) is 61.4 Å². The monoisotopic (exact) mass is 360 g/mol. The normalized spacial score (nSPS) is 13.6. The standard InChI is InChI=1S/C19H21FN2O2S/c20-15-9-6-13(7-10-15)8-11-18(23)21-22-19(24)17-12-14-4-2-1-3-5-16(14)25-17/h6-7,9-10,12H,1-5,8,11H2,(H,21,23)(H,22,24). The van der Waals surface area contributed by atoms with Gasteiger partial charge in [0.15, 0.2) is 0 Å². The molecule has 0 unspecified atom stereocenters. The lowest BCUT2D eigenvalue weighted by Crippen LogP contribution is -2.41. The van der Waals surface area contributed by atoms with Crippen LogP contribution < -0.4 is 10.9 Å². The molecule has 0 bridgehead atoms. The van der Waals surface area contributed by atoms with E-state index < -0.39 is 0 Å². The molecule has 1 aromatic carbocycles. The highest BCUT2D eigenvalue weighted by Crippen LogP contribution is 2.28. The Labute approximate surface area is 150 Å². The van der Waals surface area contributed by atoms with E-state index in [0.29, 0.717) is 11.3 Å². The van der Waals surface area contributed by atoms with E-state index in [4.69, 9.17) is 0 Å². The van der Waals surface area contributed by atoms with Crippen LogP contribution in [0.15, 0.2) is 30.3 Å². The van der Waals surface area contributed by atoms with Gasteiger partial charge < -0.3 is 0 Å². The van der Waals surface area contributed by atoms with Gasteiger partial charge in [0.05, 0.1) is 4.88 Å². The fourth-order valence-corrected chi connectivity index (χ4v) is 4.09. The number of aryl methyl sites for hydroxylation is 3. The molecule has 2 N–H and O–H groups in total. The summed E-state index contributed by atoms with van der Waals surface area (Å²) in [6.45, 7) is 0. The van der Waals surface area contributed by atoms with E-state index >= 15 is 0 Å². The highest BCUT2D eigenvalue weighted by atomic mass is 32.1. The van der Waals surface area contributed by atoms with Crippen molar-refractivity contribution in [1.82, 2.24) is 10.9 Å². The molecule has 25 heavy (non-hydrogen) atoms.